The van der Waals surface area contributed by atoms with E-state index in [1.54, 1.807) is 0 Å². The molecule has 3 nitrogen and oxygen atoms in total. The second-order valence-corrected chi connectivity index (χ2v) is 5.92. The predicted molar refractivity (Wildman–Crippen MR) is 84.6 cm³/mol. The van der Waals surface area contributed by atoms with Crippen molar-refractivity contribution in [2.45, 2.75) is 51.5 Å². The van der Waals surface area contributed by atoms with Gasteiger partial charge in [0.25, 0.3) is 0 Å². The number of aryl methyl sites for hydroxylation is 1. The average Bonchev–Trinajstić information content (AvgIpc) is 3.17. The lowest BCUT2D eigenvalue weighted by molar-refractivity contribution is 0.112. The van der Waals surface area contributed by atoms with Crippen molar-refractivity contribution < 1.29 is 4.79 Å². The Labute approximate surface area is 126 Å². The molecule has 1 fully saturated rings. The highest BCUT2D eigenvalue weighted by Crippen LogP contribution is 2.31. The van der Waals surface area contributed by atoms with Crippen LogP contribution >= 0.6 is 0 Å². The van der Waals surface area contributed by atoms with Gasteiger partial charge in [-0.2, -0.15) is 5.10 Å². The summed E-state index contributed by atoms with van der Waals surface area (Å²) in [6, 6.07) is 8.92. The first-order chi connectivity index (χ1) is 10.3. The SMILES string of the molecule is CCCc1ccc(-c2nn(C3CCCC3)cc2C=O)cc1. The highest BCUT2D eigenvalue weighted by atomic mass is 16.1. The second kappa shape index (κ2) is 6.25. The third-order valence-corrected chi connectivity index (χ3v) is 4.35. The van der Waals surface area contributed by atoms with Crippen LogP contribution in [0.5, 0.6) is 0 Å². The van der Waals surface area contributed by atoms with Crippen LogP contribution in [0.3, 0.4) is 0 Å². The molecule has 3 heteroatoms. The van der Waals surface area contributed by atoms with E-state index < -0.39 is 0 Å². The molecule has 21 heavy (non-hydrogen) atoms. The Morgan fingerprint density at radius 2 is 1.95 bits per heavy atom. The maximum atomic E-state index is 11.3. The van der Waals surface area contributed by atoms with Crippen LogP contribution in [-0.2, 0) is 6.42 Å². The molecule has 1 aliphatic rings. The number of aldehydes is 1. The van der Waals surface area contributed by atoms with Gasteiger partial charge in [-0.25, -0.2) is 0 Å². The molecule has 1 aromatic carbocycles. The van der Waals surface area contributed by atoms with Crippen molar-refractivity contribution in [2.75, 3.05) is 0 Å². The van der Waals surface area contributed by atoms with Crippen LogP contribution in [0.25, 0.3) is 11.3 Å². The van der Waals surface area contributed by atoms with Gasteiger partial charge in [0.15, 0.2) is 6.29 Å². The Morgan fingerprint density at radius 1 is 1.24 bits per heavy atom. The number of nitrogens with zero attached hydrogens (tertiary/aromatic N) is 2. The third kappa shape index (κ3) is 2.92. The zero-order chi connectivity index (χ0) is 14.7. The van der Waals surface area contributed by atoms with Crippen molar-refractivity contribution >= 4 is 6.29 Å². The molecule has 1 saturated carbocycles. The predicted octanol–water partition coefficient (Wildman–Crippen LogP) is 4.43. The van der Waals surface area contributed by atoms with E-state index in [1.165, 1.54) is 31.2 Å². The van der Waals surface area contributed by atoms with Gasteiger partial charge in [0.2, 0.25) is 0 Å². The number of carbonyl (C=O) groups excluding carboxylic acids is 1. The molecule has 0 spiro atoms. The standard InChI is InChI=1S/C18H22N2O/c1-2-5-14-8-10-15(11-9-14)18-16(13-21)12-20(19-18)17-6-3-4-7-17/h8-13,17H,2-7H2,1H3. The summed E-state index contributed by atoms with van der Waals surface area (Å²) in [4.78, 5) is 11.3. The van der Waals surface area contributed by atoms with Gasteiger partial charge >= 0.3 is 0 Å². The van der Waals surface area contributed by atoms with E-state index in [0.29, 0.717) is 11.6 Å². The monoisotopic (exact) mass is 282 g/mol. The highest BCUT2D eigenvalue weighted by molar-refractivity contribution is 5.85. The van der Waals surface area contributed by atoms with Crippen molar-refractivity contribution in [2.24, 2.45) is 0 Å². The maximum Gasteiger partial charge on any atom is 0.153 e. The first kappa shape index (κ1) is 14.1. The first-order valence-electron chi connectivity index (χ1n) is 7.95. The van der Waals surface area contributed by atoms with Gasteiger partial charge in [0.1, 0.15) is 5.69 Å². The van der Waals surface area contributed by atoms with Crippen molar-refractivity contribution in [3.05, 3.63) is 41.6 Å². The Hall–Kier alpha value is -1.90. The van der Waals surface area contributed by atoms with Crippen molar-refractivity contribution in [3.63, 3.8) is 0 Å². The summed E-state index contributed by atoms with van der Waals surface area (Å²) in [6.45, 7) is 2.18. The molecule has 2 aromatic rings. The number of hydrogen-bond acceptors (Lipinski definition) is 2. The largest absolute Gasteiger partial charge is 0.298 e. The zero-order valence-corrected chi connectivity index (χ0v) is 12.6. The molecule has 1 aromatic heterocycles. The molecule has 0 unspecified atom stereocenters. The molecule has 110 valence electrons. The van der Waals surface area contributed by atoms with E-state index in [9.17, 15) is 4.79 Å². The summed E-state index contributed by atoms with van der Waals surface area (Å²) >= 11 is 0. The Bertz CT molecular complexity index is 607. The number of rotatable bonds is 5. The number of aromatic nitrogens is 2. The number of hydrogen-bond donors (Lipinski definition) is 0. The van der Waals surface area contributed by atoms with E-state index >= 15 is 0 Å². The van der Waals surface area contributed by atoms with Crippen molar-refractivity contribution in [3.8, 4) is 11.3 Å². The maximum absolute atomic E-state index is 11.3. The van der Waals surface area contributed by atoms with Gasteiger partial charge in [0.05, 0.1) is 11.6 Å². The van der Waals surface area contributed by atoms with Crippen LogP contribution in [0.2, 0.25) is 0 Å². The van der Waals surface area contributed by atoms with E-state index in [2.05, 4.69) is 31.2 Å². The van der Waals surface area contributed by atoms with Gasteiger partial charge in [0, 0.05) is 11.8 Å². The second-order valence-electron chi connectivity index (χ2n) is 5.92. The lowest BCUT2D eigenvalue weighted by Crippen LogP contribution is -2.04. The molecule has 0 amide bonds. The molecule has 0 aliphatic heterocycles. The molecule has 0 radical (unpaired) electrons. The van der Waals surface area contributed by atoms with Crippen LogP contribution in [0.1, 0.15) is 61.0 Å². The lowest BCUT2D eigenvalue weighted by atomic mass is 10.0. The smallest absolute Gasteiger partial charge is 0.153 e. The van der Waals surface area contributed by atoms with Crippen LogP contribution < -0.4 is 0 Å². The summed E-state index contributed by atoms with van der Waals surface area (Å²) in [7, 11) is 0. The Balaban J connectivity index is 1.91. The van der Waals surface area contributed by atoms with E-state index in [-0.39, 0.29) is 0 Å². The summed E-state index contributed by atoms with van der Waals surface area (Å²) in [6.07, 6.45) is 9.96. The molecule has 0 N–H and O–H groups in total. The minimum absolute atomic E-state index is 0.469. The van der Waals surface area contributed by atoms with Gasteiger partial charge < -0.3 is 0 Å². The molecule has 0 atom stereocenters. The third-order valence-electron chi connectivity index (χ3n) is 4.35. The fraction of sp³-hybridized carbons (Fsp3) is 0.444. The van der Waals surface area contributed by atoms with E-state index in [1.807, 2.05) is 10.9 Å². The summed E-state index contributed by atoms with van der Waals surface area (Å²) < 4.78 is 2.01. The Morgan fingerprint density at radius 3 is 2.57 bits per heavy atom. The summed E-state index contributed by atoms with van der Waals surface area (Å²) in [5.74, 6) is 0. The van der Waals surface area contributed by atoms with Crippen LogP contribution in [-0.4, -0.2) is 16.1 Å². The Kier molecular flexibility index (Phi) is 4.18. The van der Waals surface area contributed by atoms with Crippen LogP contribution in [0, 0.1) is 0 Å². The summed E-state index contributed by atoms with van der Waals surface area (Å²) in [5.41, 5.74) is 3.89. The fourth-order valence-electron chi connectivity index (χ4n) is 3.19. The van der Waals surface area contributed by atoms with Crippen molar-refractivity contribution in [1.82, 2.24) is 9.78 Å². The van der Waals surface area contributed by atoms with Gasteiger partial charge in [-0.05, 0) is 24.8 Å². The van der Waals surface area contributed by atoms with Crippen molar-refractivity contribution in [1.29, 1.82) is 0 Å². The van der Waals surface area contributed by atoms with Gasteiger partial charge in [-0.3, -0.25) is 9.48 Å². The highest BCUT2D eigenvalue weighted by Gasteiger charge is 2.20. The zero-order valence-electron chi connectivity index (χ0n) is 12.6. The molecule has 3 rings (SSSR count). The molecule has 0 bridgehead atoms. The molecular formula is C18H22N2O. The molecule has 0 saturated heterocycles. The lowest BCUT2D eigenvalue weighted by Gasteiger charge is -2.08. The number of benzene rings is 1. The van der Waals surface area contributed by atoms with Crippen LogP contribution in [0.4, 0.5) is 0 Å². The number of carbonyl (C=O) groups is 1. The molecular weight excluding hydrogens is 260 g/mol. The molecule has 1 aliphatic carbocycles. The van der Waals surface area contributed by atoms with Crippen LogP contribution in [0.15, 0.2) is 30.5 Å². The minimum atomic E-state index is 0.469. The average molecular weight is 282 g/mol. The summed E-state index contributed by atoms with van der Waals surface area (Å²) in [5, 5.41) is 4.69. The fourth-order valence-corrected chi connectivity index (χ4v) is 3.19. The quantitative estimate of drug-likeness (QED) is 0.760. The van der Waals surface area contributed by atoms with E-state index in [4.69, 9.17) is 5.10 Å². The first-order valence-corrected chi connectivity index (χ1v) is 7.95. The topological polar surface area (TPSA) is 34.9 Å². The van der Waals surface area contributed by atoms with E-state index in [0.717, 1.165) is 30.4 Å². The van der Waals surface area contributed by atoms with Gasteiger partial charge in [-0.1, -0.05) is 50.5 Å². The van der Waals surface area contributed by atoms with Gasteiger partial charge in [-0.15, -0.1) is 0 Å². The molecule has 1 heterocycles. The minimum Gasteiger partial charge on any atom is -0.298 e. The normalized spacial score (nSPS) is 15.5.